The molecule has 0 radical (unpaired) electrons. The van der Waals surface area contributed by atoms with Gasteiger partial charge in [-0.15, -0.1) is 0 Å². The van der Waals surface area contributed by atoms with Gasteiger partial charge in [0.05, 0.1) is 32.7 Å². The molecule has 0 aromatic carbocycles. The Hall–Kier alpha value is -2.09. The standard InChI is InChI=1S/C55H109N3O4.C23H44O2.C9H21N3/c1-6-10-14-18-22-24-28-32-38-52(36-30-26-20-16-12-8-3)50-61-54(59)40-44-57(42-34-35-43-58-48-46-56(5)47-49-58)45-41-55(60)62-51-53(37-31-27-21-17-13-9-4)39-33-29-25-23-19-15-11-7-2;1-4-7-9-11-13-14-16-18-20-22(21-25-23(24)6-3)19-17-15-12-10-8-5-2;1-11-6-8-12(9-7-11)5-3-2-4-10/h52-53H,6-51H2,1-5H3;6,22H,3-5,7-21H2,1-2H3;2-10H2,1H3. The maximum Gasteiger partial charge on any atom is 0.330 e. The van der Waals surface area contributed by atoms with Gasteiger partial charge in [0.15, 0.2) is 0 Å². The molecule has 0 amide bonds. The molecule has 0 spiro atoms. The number of hydrogen-bond acceptors (Lipinski definition) is 12. The first kappa shape index (κ1) is 96.9. The van der Waals surface area contributed by atoms with E-state index in [9.17, 15) is 14.4 Å². The predicted molar refractivity (Wildman–Crippen MR) is 430 cm³/mol. The summed E-state index contributed by atoms with van der Waals surface area (Å²) in [7, 11) is 4.41. The number of likely N-dealkylation sites (N-methyl/N-ethyl adjacent to an activating group) is 2. The van der Waals surface area contributed by atoms with Crippen molar-refractivity contribution in [2.45, 2.75) is 388 Å². The molecule has 2 heterocycles. The maximum atomic E-state index is 13.3. The highest BCUT2D eigenvalue weighted by atomic mass is 16.5. The summed E-state index contributed by atoms with van der Waals surface area (Å²) in [5.41, 5.74) is 5.44. The van der Waals surface area contributed by atoms with E-state index in [0.717, 1.165) is 58.7 Å². The Kier molecular flexibility index (Phi) is 75.4. The van der Waals surface area contributed by atoms with Gasteiger partial charge >= 0.3 is 17.9 Å². The number of carbonyl (C=O) groups excluding carboxylic acids is 3. The third-order valence-electron chi connectivity index (χ3n) is 21.5. The lowest BCUT2D eigenvalue weighted by Crippen LogP contribution is -2.44. The molecule has 588 valence electrons. The molecular weight excluding hydrogens is 1220 g/mol. The Labute approximate surface area is 617 Å². The van der Waals surface area contributed by atoms with Gasteiger partial charge in [-0.1, -0.05) is 318 Å². The number of rotatable bonds is 70. The zero-order chi connectivity index (χ0) is 72.4. The minimum absolute atomic E-state index is 0.0719. The van der Waals surface area contributed by atoms with E-state index in [-0.39, 0.29) is 17.9 Å². The summed E-state index contributed by atoms with van der Waals surface area (Å²) in [5.74, 6) is 1.07. The van der Waals surface area contributed by atoms with Gasteiger partial charge in [0.25, 0.3) is 0 Å². The number of hydrogen-bond donors (Lipinski definition) is 1. The Morgan fingerprint density at radius 3 is 0.859 bits per heavy atom. The van der Waals surface area contributed by atoms with Crippen LogP contribution < -0.4 is 5.73 Å². The molecule has 3 unspecified atom stereocenters. The molecule has 0 aromatic heterocycles. The quantitative estimate of drug-likeness (QED) is 0.0270. The number of carbonyl (C=O) groups is 3. The van der Waals surface area contributed by atoms with Crippen molar-refractivity contribution in [3.63, 3.8) is 0 Å². The predicted octanol–water partition coefficient (Wildman–Crippen LogP) is 22.6. The number of ether oxygens (including phenoxy) is 3. The zero-order valence-corrected chi connectivity index (χ0v) is 68.0. The first-order valence-electron chi connectivity index (χ1n) is 43.8. The van der Waals surface area contributed by atoms with Crippen LogP contribution in [0.2, 0.25) is 0 Å². The molecular formula is C87H174N6O6. The van der Waals surface area contributed by atoms with Gasteiger partial charge in [-0.05, 0) is 122 Å². The molecule has 0 bridgehead atoms. The lowest BCUT2D eigenvalue weighted by atomic mass is 9.94. The van der Waals surface area contributed by atoms with Crippen molar-refractivity contribution < 1.29 is 28.6 Å². The van der Waals surface area contributed by atoms with Crippen LogP contribution in [0.15, 0.2) is 12.7 Å². The van der Waals surface area contributed by atoms with Crippen molar-refractivity contribution in [2.24, 2.45) is 23.5 Å². The third-order valence-corrected chi connectivity index (χ3v) is 21.5. The van der Waals surface area contributed by atoms with Crippen molar-refractivity contribution in [3.8, 4) is 0 Å². The Balaban J connectivity index is 0.00000210. The highest BCUT2D eigenvalue weighted by Crippen LogP contribution is 2.24. The molecule has 2 aliphatic rings. The maximum absolute atomic E-state index is 13.3. The molecule has 2 aliphatic heterocycles. The molecule has 2 N–H and O–H groups in total. The Bertz CT molecular complexity index is 1620. The van der Waals surface area contributed by atoms with Gasteiger partial charge in [0.2, 0.25) is 0 Å². The van der Waals surface area contributed by atoms with Crippen molar-refractivity contribution in [1.82, 2.24) is 24.5 Å². The molecule has 3 atom stereocenters. The van der Waals surface area contributed by atoms with Gasteiger partial charge in [-0.25, -0.2) is 4.79 Å². The SMILES string of the molecule is C=CC(=O)OCC(CCCCCCCC)CCCCCCCCCC.CCCCCCCCCCC(CCCCCCCC)COC(=O)CCN(CCCCN1CCN(C)CC1)CCC(=O)OCC(CCCCCCCC)CCCCCCCCCC.CN1CCN(CCCCN)CC1. The van der Waals surface area contributed by atoms with Crippen LogP contribution >= 0.6 is 0 Å². The van der Waals surface area contributed by atoms with Crippen LogP contribution in [0.4, 0.5) is 0 Å². The van der Waals surface area contributed by atoms with E-state index in [1.165, 1.54) is 360 Å². The molecule has 0 saturated carbocycles. The summed E-state index contributed by atoms with van der Waals surface area (Å²) in [5, 5.41) is 0. The number of nitrogens with zero attached hydrogens (tertiary/aromatic N) is 5. The van der Waals surface area contributed by atoms with Crippen LogP contribution in [0, 0.1) is 17.8 Å². The van der Waals surface area contributed by atoms with E-state index in [1.54, 1.807) is 0 Å². The Morgan fingerprint density at radius 1 is 0.343 bits per heavy atom. The fourth-order valence-electron chi connectivity index (χ4n) is 14.2. The molecule has 2 saturated heterocycles. The van der Waals surface area contributed by atoms with Gasteiger partial charge in [0.1, 0.15) is 0 Å². The number of piperazine rings is 2. The highest BCUT2D eigenvalue weighted by Gasteiger charge is 2.20. The fraction of sp³-hybridized carbons (Fsp3) is 0.943. The molecule has 0 aromatic rings. The van der Waals surface area contributed by atoms with E-state index in [2.05, 4.69) is 86.7 Å². The van der Waals surface area contributed by atoms with Crippen LogP contribution in [0.3, 0.4) is 0 Å². The average Bonchev–Trinajstić information content (AvgIpc) is 1.68. The van der Waals surface area contributed by atoms with Crippen LogP contribution in [0.25, 0.3) is 0 Å². The summed E-state index contributed by atoms with van der Waals surface area (Å²) >= 11 is 0. The van der Waals surface area contributed by atoms with Crippen molar-refractivity contribution in [2.75, 3.05) is 126 Å². The zero-order valence-electron chi connectivity index (χ0n) is 68.0. The molecule has 2 fully saturated rings. The fourth-order valence-corrected chi connectivity index (χ4v) is 14.2. The van der Waals surface area contributed by atoms with Crippen LogP contribution in [0.1, 0.15) is 388 Å². The molecule has 2 rings (SSSR count). The van der Waals surface area contributed by atoms with Crippen molar-refractivity contribution in [3.05, 3.63) is 12.7 Å². The lowest BCUT2D eigenvalue weighted by Gasteiger charge is -2.32. The number of unbranched alkanes of at least 4 members (excludes halogenated alkanes) is 38. The second-order valence-electron chi connectivity index (χ2n) is 31.1. The Morgan fingerprint density at radius 2 is 0.596 bits per heavy atom. The highest BCUT2D eigenvalue weighted by molar-refractivity contribution is 5.81. The van der Waals surface area contributed by atoms with Gasteiger partial charge in [-0.2, -0.15) is 0 Å². The van der Waals surface area contributed by atoms with Crippen LogP contribution in [-0.4, -0.2) is 168 Å². The minimum Gasteiger partial charge on any atom is -0.465 e. The average molecular weight is 1400 g/mol. The summed E-state index contributed by atoms with van der Waals surface area (Å²) in [6, 6.07) is 0. The van der Waals surface area contributed by atoms with Gasteiger partial charge < -0.3 is 44.4 Å². The van der Waals surface area contributed by atoms with E-state index < -0.39 is 0 Å². The van der Waals surface area contributed by atoms with E-state index in [0.29, 0.717) is 63.5 Å². The summed E-state index contributed by atoms with van der Waals surface area (Å²) in [6.07, 6.45) is 69.7. The molecule has 99 heavy (non-hydrogen) atoms. The summed E-state index contributed by atoms with van der Waals surface area (Å²) < 4.78 is 17.4. The summed E-state index contributed by atoms with van der Waals surface area (Å²) in [6.45, 7) is 33.8. The van der Waals surface area contributed by atoms with Crippen LogP contribution in [0.5, 0.6) is 0 Å². The first-order valence-corrected chi connectivity index (χ1v) is 43.8. The van der Waals surface area contributed by atoms with E-state index >= 15 is 0 Å². The van der Waals surface area contributed by atoms with E-state index in [4.69, 9.17) is 19.9 Å². The van der Waals surface area contributed by atoms with Crippen LogP contribution in [-0.2, 0) is 28.6 Å². The monoisotopic (exact) mass is 1400 g/mol. The third kappa shape index (κ3) is 68.8. The van der Waals surface area contributed by atoms with Crippen molar-refractivity contribution in [1.29, 1.82) is 0 Å². The topological polar surface area (TPSA) is 121 Å². The molecule has 0 aliphatic carbocycles. The normalized spacial score (nSPS) is 14.9. The summed E-state index contributed by atoms with van der Waals surface area (Å²) in [4.78, 5) is 50.1. The second kappa shape index (κ2) is 77.0. The largest absolute Gasteiger partial charge is 0.465 e. The van der Waals surface area contributed by atoms with Gasteiger partial charge in [0, 0.05) is 71.5 Å². The number of nitrogens with two attached hydrogens (primary N) is 1. The minimum atomic E-state index is -0.274. The van der Waals surface area contributed by atoms with Crippen molar-refractivity contribution >= 4 is 17.9 Å². The molecule has 12 nitrogen and oxygen atoms in total. The first-order chi connectivity index (χ1) is 48.5. The van der Waals surface area contributed by atoms with E-state index in [1.807, 2.05) is 0 Å². The number of esters is 3. The smallest absolute Gasteiger partial charge is 0.330 e. The molecule has 12 heteroatoms. The lowest BCUT2D eigenvalue weighted by molar-refractivity contribution is -0.146. The second-order valence-corrected chi connectivity index (χ2v) is 31.1. The van der Waals surface area contributed by atoms with Gasteiger partial charge in [-0.3, -0.25) is 9.59 Å².